The van der Waals surface area contributed by atoms with Crippen LogP contribution in [0.2, 0.25) is 0 Å². The van der Waals surface area contributed by atoms with E-state index in [0.717, 1.165) is 60.6 Å². The van der Waals surface area contributed by atoms with Crippen molar-refractivity contribution >= 4 is 5.91 Å². The first-order chi connectivity index (χ1) is 15.5. The van der Waals surface area contributed by atoms with E-state index >= 15 is 0 Å². The normalized spacial score (nSPS) is 19.9. The zero-order valence-electron chi connectivity index (χ0n) is 19.0. The van der Waals surface area contributed by atoms with Crippen molar-refractivity contribution < 1.29 is 9.53 Å². The van der Waals surface area contributed by atoms with Gasteiger partial charge in [-0.15, -0.1) is 0 Å². The van der Waals surface area contributed by atoms with E-state index in [-0.39, 0.29) is 17.6 Å². The van der Waals surface area contributed by atoms with E-state index in [4.69, 9.17) is 4.74 Å². The van der Waals surface area contributed by atoms with Gasteiger partial charge in [0.2, 0.25) is 0 Å². The van der Waals surface area contributed by atoms with Gasteiger partial charge in [0.1, 0.15) is 11.4 Å². The van der Waals surface area contributed by atoms with Crippen LogP contribution >= 0.6 is 0 Å². The average molecular weight is 431 g/mol. The zero-order valence-corrected chi connectivity index (χ0v) is 19.0. The molecule has 1 N–H and O–H groups in total. The highest BCUT2D eigenvalue weighted by Crippen LogP contribution is 2.44. The highest BCUT2D eigenvalue weighted by Gasteiger charge is 2.43. The number of benzene rings is 2. The van der Waals surface area contributed by atoms with Crippen molar-refractivity contribution in [1.29, 1.82) is 0 Å². The van der Waals surface area contributed by atoms with Crippen molar-refractivity contribution in [2.45, 2.75) is 44.8 Å². The fraction of sp³-hybridized carbons (Fsp3) is 0.385. The van der Waals surface area contributed by atoms with Crippen LogP contribution in [-0.2, 0) is 0 Å². The standard InChI is InChI=1S/C26H30N4O2/c1-18-8-4-6-10-23(18)30-19(2)21(17-27-30)25(31)28-22-16-26(12-14-29(3)15-13-26)32-24-11-7-5-9-20(22)24/h4-11,17,22H,12-16H2,1-3H3,(H,28,31). The molecule has 6 nitrogen and oxygen atoms in total. The molecule has 1 atom stereocenters. The largest absolute Gasteiger partial charge is 0.487 e. The fourth-order valence-corrected chi connectivity index (χ4v) is 4.99. The topological polar surface area (TPSA) is 59.4 Å². The maximum absolute atomic E-state index is 13.4. The molecule has 1 amide bonds. The molecule has 3 aromatic rings. The number of para-hydroxylation sites is 2. The minimum Gasteiger partial charge on any atom is -0.487 e. The highest BCUT2D eigenvalue weighted by atomic mass is 16.5. The highest BCUT2D eigenvalue weighted by molar-refractivity contribution is 5.95. The Morgan fingerprint density at radius 2 is 1.81 bits per heavy atom. The van der Waals surface area contributed by atoms with Gasteiger partial charge in [0.05, 0.1) is 29.2 Å². The molecule has 2 aromatic carbocycles. The number of hydrogen-bond donors (Lipinski definition) is 1. The number of likely N-dealkylation sites (tertiary alicyclic amines) is 1. The van der Waals surface area contributed by atoms with Crippen LogP contribution in [0.1, 0.15) is 52.5 Å². The molecular weight excluding hydrogens is 400 g/mol. The van der Waals surface area contributed by atoms with Gasteiger partial charge in [-0.1, -0.05) is 36.4 Å². The lowest BCUT2D eigenvalue weighted by Crippen LogP contribution is -2.51. The van der Waals surface area contributed by atoms with Gasteiger partial charge in [-0.25, -0.2) is 4.68 Å². The summed E-state index contributed by atoms with van der Waals surface area (Å²) in [6.45, 7) is 6.01. The number of ether oxygens (including phenoxy) is 1. The number of carbonyl (C=O) groups excluding carboxylic acids is 1. The van der Waals surface area contributed by atoms with Gasteiger partial charge in [-0.3, -0.25) is 4.79 Å². The molecule has 6 heteroatoms. The molecule has 2 aliphatic rings. The summed E-state index contributed by atoms with van der Waals surface area (Å²) in [5.41, 5.74) is 4.38. The van der Waals surface area contributed by atoms with E-state index in [1.807, 2.05) is 48.0 Å². The minimum atomic E-state index is -0.223. The molecule has 2 aliphatic heterocycles. The van der Waals surface area contributed by atoms with Crippen LogP contribution in [0.4, 0.5) is 0 Å². The lowest BCUT2D eigenvalue weighted by atomic mass is 9.80. The summed E-state index contributed by atoms with van der Waals surface area (Å²) < 4.78 is 8.38. The van der Waals surface area contributed by atoms with Gasteiger partial charge in [0, 0.05) is 25.1 Å². The number of hydrogen-bond acceptors (Lipinski definition) is 4. The summed E-state index contributed by atoms with van der Waals surface area (Å²) in [4.78, 5) is 15.7. The summed E-state index contributed by atoms with van der Waals surface area (Å²) in [6, 6.07) is 16.1. The number of piperidine rings is 1. The van der Waals surface area contributed by atoms with Gasteiger partial charge >= 0.3 is 0 Å². The SMILES string of the molecule is Cc1ccccc1-n1ncc(C(=O)NC2CC3(CCN(C)CC3)Oc3ccccc32)c1C. The third-order valence-corrected chi connectivity index (χ3v) is 7.00. The third-order valence-electron chi connectivity index (χ3n) is 7.00. The number of rotatable bonds is 3. The molecule has 3 heterocycles. The van der Waals surface area contributed by atoms with Crippen LogP contribution in [0.15, 0.2) is 54.7 Å². The number of fused-ring (bicyclic) bond motifs is 1. The summed E-state index contributed by atoms with van der Waals surface area (Å²) in [6.07, 6.45) is 4.39. The molecule has 1 saturated heterocycles. The van der Waals surface area contributed by atoms with Gasteiger partial charge in [0.15, 0.2) is 0 Å². The molecule has 1 aromatic heterocycles. The Morgan fingerprint density at radius 1 is 1.09 bits per heavy atom. The number of nitrogens with one attached hydrogen (secondary N) is 1. The fourth-order valence-electron chi connectivity index (χ4n) is 4.99. The van der Waals surface area contributed by atoms with E-state index in [0.29, 0.717) is 5.56 Å². The predicted molar refractivity (Wildman–Crippen MR) is 124 cm³/mol. The van der Waals surface area contributed by atoms with Crippen LogP contribution < -0.4 is 10.1 Å². The molecule has 1 fully saturated rings. The van der Waals surface area contributed by atoms with Gasteiger partial charge in [-0.05, 0) is 51.4 Å². The van der Waals surface area contributed by atoms with Crippen molar-refractivity contribution in [1.82, 2.24) is 20.0 Å². The van der Waals surface area contributed by atoms with Crippen molar-refractivity contribution in [3.8, 4) is 11.4 Å². The van der Waals surface area contributed by atoms with Crippen LogP contribution in [0.25, 0.3) is 5.69 Å². The van der Waals surface area contributed by atoms with Crippen molar-refractivity contribution in [3.05, 3.63) is 77.1 Å². The smallest absolute Gasteiger partial charge is 0.255 e. The molecule has 0 aliphatic carbocycles. The van der Waals surface area contributed by atoms with Crippen LogP contribution in [0, 0.1) is 13.8 Å². The molecule has 1 unspecified atom stereocenters. The second-order valence-corrected chi connectivity index (χ2v) is 9.20. The van der Waals surface area contributed by atoms with Crippen molar-refractivity contribution in [3.63, 3.8) is 0 Å². The predicted octanol–water partition coefficient (Wildman–Crippen LogP) is 4.21. The lowest BCUT2D eigenvalue weighted by Gasteiger charge is -2.46. The quantitative estimate of drug-likeness (QED) is 0.676. The first kappa shape index (κ1) is 20.8. The van der Waals surface area contributed by atoms with E-state index in [1.54, 1.807) is 6.20 Å². The zero-order chi connectivity index (χ0) is 22.3. The van der Waals surface area contributed by atoms with E-state index in [1.165, 1.54) is 0 Å². The number of aromatic nitrogens is 2. The van der Waals surface area contributed by atoms with Crippen LogP contribution in [-0.4, -0.2) is 46.3 Å². The maximum atomic E-state index is 13.4. The summed E-state index contributed by atoms with van der Waals surface area (Å²) >= 11 is 0. The van der Waals surface area contributed by atoms with Crippen molar-refractivity contribution in [2.24, 2.45) is 0 Å². The maximum Gasteiger partial charge on any atom is 0.255 e. The van der Waals surface area contributed by atoms with E-state index < -0.39 is 0 Å². The van der Waals surface area contributed by atoms with Gasteiger partial charge in [-0.2, -0.15) is 5.10 Å². The molecule has 0 bridgehead atoms. The van der Waals surface area contributed by atoms with Crippen LogP contribution in [0.3, 0.4) is 0 Å². The lowest BCUT2D eigenvalue weighted by molar-refractivity contribution is -0.0195. The second-order valence-electron chi connectivity index (χ2n) is 9.20. The number of carbonyl (C=O) groups is 1. The summed E-state index contributed by atoms with van der Waals surface area (Å²) in [5, 5.41) is 7.83. The monoisotopic (exact) mass is 430 g/mol. The second kappa shape index (κ2) is 8.10. The Hall–Kier alpha value is -3.12. The third kappa shape index (κ3) is 3.69. The van der Waals surface area contributed by atoms with Gasteiger partial charge < -0.3 is 15.0 Å². The number of aryl methyl sites for hydroxylation is 1. The van der Waals surface area contributed by atoms with E-state index in [2.05, 4.69) is 41.4 Å². The Bertz CT molecular complexity index is 1140. The molecule has 0 radical (unpaired) electrons. The Balaban J connectivity index is 1.42. The average Bonchev–Trinajstić information content (AvgIpc) is 3.17. The van der Waals surface area contributed by atoms with E-state index in [9.17, 15) is 4.79 Å². The minimum absolute atomic E-state index is 0.0860. The molecule has 166 valence electrons. The first-order valence-corrected chi connectivity index (χ1v) is 11.3. The molecule has 0 saturated carbocycles. The first-order valence-electron chi connectivity index (χ1n) is 11.3. The Labute approximate surface area is 189 Å². The summed E-state index contributed by atoms with van der Waals surface area (Å²) in [5.74, 6) is 0.799. The number of amides is 1. The molecule has 32 heavy (non-hydrogen) atoms. The Kier molecular flexibility index (Phi) is 5.25. The van der Waals surface area contributed by atoms with Gasteiger partial charge in [0.25, 0.3) is 5.91 Å². The Morgan fingerprint density at radius 3 is 2.59 bits per heavy atom. The van der Waals surface area contributed by atoms with Crippen LogP contribution in [0.5, 0.6) is 5.75 Å². The molecule has 1 spiro atoms. The van der Waals surface area contributed by atoms with Crippen molar-refractivity contribution in [2.75, 3.05) is 20.1 Å². The molecule has 5 rings (SSSR count). The summed E-state index contributed by atoms with van der Waals surface area (Å²) in [7, 11) is 2.15. The number of nitrogens with zero attached hydrogens (tertiary/aromatic N) is 3. The molecular formula is C26H30N4O2.